The zero-order valence-electron chi connectivity index (χ0n) is 16.0. The van der Waals surface area contributed by atoms with Gasteiger partial charge in [-0.05, 0) is 67.6 Å². The Morgan fingerprint density at radius 3 is 2.59 bits per heavy atom. The van der Waals surface area contributed by atoms with E-state index in [0.29, 0.717) is 17.3 Å². The zero-order valence-corrected chi connectivity index (χ0v) is 16.7. The van der Waals surface area contributed by atoms with Gasteiger partial charge in [-0.15, -0.1) is 5.10 Å². The number of pyridine rings is 1. The van der Waals surface area contributed by atoms with Crippen LogP contribution in [0.15, 0.2) is 42.5 Å². The first kappa shape index (κ1) is 18.8. The second kappa shape index (κ2) is 7.44. The fourth-order valence-corrected chi connectivity index (χ4v) is 3.14. The summed E-state index contributed by atoms with van der Waals surface area (Å²) < 4.78 is 3.24. The number of amides is 1. The molecule has 29 heavy (non-hydrogen) atoms. The average molecular weight is 409 g/mol. The van der Waals surface area contributed by atoms with Gasteiger partial charge in [-0.1, -0.05) is 17.7 Å². The number of tetrazole rings is 1. The Morgan fingerprint density at radius 2 is 1.90 bits per heavy atom. The number of nitrogens with one attached hydrogen (secondary N) is 1. The van der Waals surface area contributed by atoms with Gasteiger partial charge in [-0.3, -0.25) is 4.79 Å². The third-order valence-corrected chi connectivity index (χ3v) is 4.55. The SMILES string of the molecule is Cc1cc(C)n(-c2ccc(Cl)c(C(=O)Nc3cccc(-n4nnnc4C)c3)n2)n1. The van der Waals surface area contributed by atoms with E-state index in [1.165, 1.54) is 0 Å². The van der Waals surface area contributed by atoms with E-state index in [1.807, 2.05) is 26.0 Å². The fourth-order valence-electron chi connectivity index (χ4n) is 2.95. The molecule has 10 heteroatoms. The summed E-state index contributed by atoms with van der Waals surface area (Å²) in [6.07, 6.45) is 0. The minimum atomic E-state index is -0.427. The molecule has 0 saturated heterocycles. The average Bonchev–Trinajstić information content (AvgIpc) is 3.27. The van der Waals surface area contributed by atoms with Crippen molar-refractivity contribution in [1.29, 1.82) is 0 Å². The fraction of sp³-hybridized carbons (Fsp3) is 0.158. The number of carbonyl (C=O) groups excluding carboxylic acids is 1. The van der Waals surface area contributed by atoms with Crippen LogP contribution in [0.2, 0.25) is 5.02 Å². The molecule has 9 nitrogen and oxygen atoms in total. The van der Waals surface area contributed by atoms with Crippen LogP contribution in [0.3, 0.4) is 0 Å². The number of halogens is 1. The molecule has 1 N–H and O–H groups in total. The van der Waals surface area contributed by atoms with E-state index in [0.717, 1.165) is 17.1 Å². The predicted octanol–water partition coefficient (Wildman–Crippen LogP) is 3.07. The minimum absolute atomic E-state index is 0.112. The van der Waals surface area contributed by atoms with E-state index in [-0.39, 0.29) is 10.7 Å². The molecule has 0 saturated carbocycles. The second-order valence-corrected chi connectivity index (χ2v) is 6.89. The molecule has 0 bridgehead atoms. The molecule has 0 aliphatic heterocycles. The van der Waals surface area contributed by atoms with Crippen LogP contribution in [0.4, 0.5) is 5.69 Å². The smallest absolute Gasteiger partial charge is 0.275 e. The van der Waals surface area contributed by atoms with E-state index in [4.69, 9.17) is 11.6 Å². The molecule has 146 valence electrons. The molecule has 0 fully saturated rings. The Morgan fingerprint density at radius 1 is 1.07 bits per heavy atom. The highest BCUT2D eigenvalue weighted by molar-refractivity contribution is 6.34. The van der Waals surface area contributed by atoms with Gasteiger partial charge in [-0.2, -0.15) is 9.78 Å². The number of aromatic nitrogens is 7. The van der Waals surface area contributed by atoms with E-state index >= 15 is 0 Å². The Labute approximate surface area is 171 Å². The van der Waals surface area contributed by atoms with Crippen LogP contribution in [0, 0.1) is 20.8 Å². The lowest BCUT2D eigenvalue weighted by atomic mass is 10.2. The lowest BCUT2D eigenvalue weighted by Crippen LogP contribution is -2.16. The lowest BCUT2D eigenvalue weighted by Gasteiger charge is -2.10. The maximum atomic E-state index is 12.8. The Balaban J connectivity index is 1.63. The summed E-state index contributed by atoms with van der Waals surface area (Å²) in [6.45, 7) is 5.61. The maximum Gasteiger partial charge on any atom is 0.275 e. The lowest BCUT2D eigenvalue weighted by molar-refractivity contribution is 0.102. The van der Waals surface area contributed by atoms with Crippen LogP contribution in [0.25, 0.3) is 11.5 Å². The Bertz CT molecular complexity index is 1210. The molecule has 0 aliphatic rings. The summed E-state index contributed by atoms with van der Waals surface area (Å²) in [5.41, 5.74) is 3.17. The summed E-state index contributed by atoms with van der Waals surface area (Å²) in [6, 6.07) is 12.5. The highest BCUT2D eigenvalue weighted by Crippen LogP contribution is 2.20. The van der Waals surface area contributed by atoms with Crippen molar-refractivity contribution in [2.75, 3.05) is 5.32 Å². The van der Waals surface area contributed by atoms with Gasteiger partial charge in [-0.25, -0.2) is 9.67 Å². The van der Waals surface area contributed by atoms with Crippen LogP contribution in [0.5, 0.6) is 0 Å². The molecule has 1 amide bonds. The molecule has 1 aromatic carbocycles. The maximum absolute atomic E-state index is 12.8. The normalized spacial score (nSPS) is 10.9. The standard InChI is InChI=1S/C19H17ClN8O/c1-11-9-12(2)27(24-11)17-8-7-16(20)18(22-17)19(29)21-14-5-4-6-15(10-14)28-13(3)23-25-26-28/h4-10H,1-3H3,(H,21,29). The summed E-state index contributed by atoms with van der Waals surface area (Å²) in [7, 11) is 0. The minimum Gasteiger partial charge on any atom is -0.321 e. The molecule has 0 aliphatic carbocycles. The predicted molar refractivity (Wildman–Crippen MR) is 108 cm³/mol. The molecule has 4 aromatic rings. The Hall–Kier alpha value is -3.59. The van der Waals surface area contributed by atoms with E-state index in [1.54, 1.807) is 46.6 Å². The molecule has 0 radical (unpaired) electrons. The van der Waals surface area contributed by atoms with Gasteiger partial charge in [0.1, 0.15) is 5.69 Å². The van der Waals surface area contributed by atoms with Crippen molar-refractivity contribution in [2.45, 2.75) is 20.8 Å². The van der Waals surface area contributed by atoms with E-state index < -0.39 is 5.91 Å². The number of hydrogen-bond donors (Lipinski definition) is 1. The van der Waals surface area contributed by atoms with Gasteiger partial charge < -0.3 is 5.32 Å². The molecular weight excluding hydrogens is 392 g/mol. The topological polar surface area (TPSA) is 103 Å². The summed E-state index contributed by atoms with van der Waals surface area (Å²) in [5, 5.41) is 18.9. The first-order valence-electron chi connectivity index (χ1n) is 8.79. The van der Waals surface area contributed by atoms with Gasteiger partial charge in [0, 0.05) is 11.4 Å². The van der Waals surface area contributed by atoms with E-state index in [9.17, 15) is 4.79 Å². The van der Waals surface area contributed by atoms with Gasteiger partial charge in [0.15, 0.2) is 11.6 Å². The number of anilines is 1. The summed E-state index contributed by atoms with van der Waals surface area (Å²) in [5.74, 6) is 0.725. The third kappa shape index (κ3) is 3.72. The quantitative estimate of drug-likeness (QED) is 0.556. The molecule has 4 rings (SSSR count). The highest BCUT2D eigenvalue weighted by atomic mass is 35.5. The largest absolute Gasteiger partial charge is 0.321 e. The molecule has 0 unspecified atom stereocenters. The highest BCUT2D eigenvalue weighted by Gasteiger charge is 2.16. The van der Waals surface area contributed by atoms with Crippen LogP contribution in [-0.2, 0) is 0 Å². The van der Waals surface area contributed by atoms with Gasteiger partial charge in [0.25, 0.3) is 5.91 Å². The summed E-state index contributed by atoms with van der Waals surface area (Å²) >= 11 is 6.24. The second-order valence-electron chi connectivity index (χ2n) is 6.48. The number of carbonyl (C=O) groups is 1. The first-order chi connectivity index (χ1) is 13.9. The third-order valence-electron chi connectivity index (χ3n) is 4.25. The molecule has 3 heterocycles. The monoisotopic (exact) mass is 408 g/mol. The van der Waals surface area contributed by atoms with Crippen molar-refractivity contribution in [3.8, 4) is 11.5 Å². The van der Waals surface area contributed by atoms with Crippen LogP contribution < -0.4 is 5.32 Å². The van der Waals surface area contributed by atoms with Gasteiger partial charge in [0.05, 0.1) is 16.4 Å². The number of benzene rings is 1. The Kier molecular flexibility index (Phi) is 4.81. The van der Waals surface area contributed by atoms with Crippen molar-refractivity contribution < 1.29 is 4.79 Å². The van der Waals surface area contributed by atoms with Crippen molar-refractivity contribution in [3.05, 3.63) is 70.4 Å². The van der Waals surface area contributed by atoms with Crippen LogP contribution >= 0.6 is 11.6 Å². The molecular formula is C19H17ClN8O. The van der Waals surface area contributed by atoms with Crippen LogP contribution in [0.1, 0.15) is 27.7 Å². The van der Waals surface area contributed by atoms with Crippen molar-refractivity contribution in [2.24, 2.45) is 0 Å². The zero-order chi connectivity index (χ0) is 20.5. The summed E-state index contributed by atoms with van der Waals surface area (Å²) in [4.78, 5) is 17.3. The van der Waals surface area contributed by atoms with Crippen molar-refractivity contribution >= 4 is 23.2 Å². The molecule has 0 spiro atoms. The number of nitrogens with zero attached hydrogens (tertiary/aromatic N) is 7. The van der Waals surface area contributed by atoms with Gasteiger partial charge >= 0.3 is 0 Å². The molecule has 0 atom stereocenters. The number of aryl methyl sites for hydroxylation is 3. The van der Waals surface area contributed by atoms with Crippen LogP contribution in [-0.4, -0.2) is 40.9 Å². The first-order valence-corrected chi connectivity index (χ1v) is 9.17. The van der Waals surface area contributed by atoms with Crippen molar-refractivity contribution in [3.63, 3.8) is 0 Å². The number of hydrogen-bond acceptors (Lipinski definition) is 6. The number of rotatable bonds is 4. The molecule has 3 aromatic heterocycles. The van der Waals surface area contributed by atoms with Gasteiger partial charge in [0.2, 0.25) is 0 Å². The van der Waals surface area contributed by atoms with Crippen molar-refractivity contribution in [1.82, 2.24) is 35.0 Å². The van der Waals surface area contributed by atoms with E-state index in [2.05, 4.69) is 30.9 Å².